The summed E-state index contributed by atoms with van der Waals surface area (Å²) in [5, 5.41) is 0. The molecule has 5 heteroatoms. The molecule has 5 nitrogen and oxygen atoms in total. The number of benzene rings is 1. The first-order valence-corrected chi connectivity index (χ1v) is 6.36. The molecule has 0 amide bonds. The third-order valence-electron chi connectivity index (χ3n) is 2.79. The Bertz CT molecular complexity index is 421. The predicted octanol–water partition coefficient (Wildman–Crippen LogP) is 1.92. The zero-order chi connectivity index (χ0) is 14.3. The summed E-state index contributed by atoms with van der Waals surface area (Å²) in [6.45, 7) is 3.65. The fourth-order valence-electron chi connectivity index (χ4n) is 1.78. The summed E-state index contributed by atoms with van der Waals surface area (Å²) in [6.07, 6.45) is 0.899. The van der Waals surface area contributed by atoms with Crippen molar-refractivity contribution in [3.63, 3.8) is 0 Å². The average Bonchev–Trinajstić information content (AvgIpc) is 2.39. The zero-order valence-corrected chi connectivity index (χ0v) is 11.8. The Labute approximate surface area is 114 Å². The smallest absolute Gasteiger partial charge is 0.338 e. The summed E-state index contributed by atoms with van der Waals surface area (Å²) in [6, 6.07) is 5.17. The highest BCUT2D eigenvalue weighted by Gasteiger charge is 2.11. The van der Waals surface area contributed by atoms with Gasteiger partial charge in [-0.3, -0.25) is 0 Å². The summed E-state index contributed by atoms with van der Waals surface area (Å²) >= 11 is 0. The Hall–Kier alpha value is -1.75. The molecule has 0 unspecified atom stereocenters. The molecule has 0 fully saturated rings. The molecule has 106 valence electrons. The molecule has 0 aromatic heterocycles. The summed E-state index contributed by atoms with van der Waals surface area (Å²) in [5.74, 6) is -0.325. The van der Waals surface area contributed by atoms with Gasteiger partial charge in [0.05, 0.1) is 23.5 Å². The maximum absolute atomic E-state index is 11.7. The monoisotopic (exact) mass is 266 g/mol. The Morgan fingerprint density at radius 3 is 2.79 bits per heavy atom. The molecule has 19 heavy (non-hydrogen) atoms. The van der Waals surface area contributed by atoms with E-state index < -0.39 is 0 Å². The highest BCUT2D eigenvalue weighted by Crippen LogP contribution is 2.24. The van der Waals surface area contributed by atoms with E-state index in [4.69, 9.17) is 15.2 Å². The van der Waals surface area contributed by atoms with Gasteiger partial charge in [0, 0.05) is 27.3 Å². The van der Waals surface area contributed by atoms with Gasteiger partial charge in [-0.2, -0.15) is 0 Å². The highest BCUT2D eigenvalue weighted by atomic mass is 16.5. The summed E-state index contributed by atoms with van der Waals surface area (Å²) < 4.78 is 10.0. The molecule has 0 aliphatic rings. The van der Waals surface area contributed by atoms with E-state index in [1.807, 2.05) is 11.9 Å². The highest BCUT2D eigenvalue weighted by molar-refractivity contribution is 5.92. The largest absolute Gasteiger partial charge is 0.462 e. The summed E-state index contributed by atoms with van der Waals surface area (Å²) in [4.78, 5) is 13.7. The molecule has 0 heterocycles. The van der Waals surface area contributed by atoms with Crippen molar-refractivity contribution in [2.75, 3.05) is 44.5 Å². The van der Waals surface area contributed by atoms with E-state index in [-0.39, 0.29) is 5.97 Å². The minimum atomic E-state index is -0.325. The van der Waals surface area contributed by atoms with Gasteiger partial charge in [-0.1, -0.05) is 0 Å². The van der Waals surface area contributed by atoms with Gasteiger partial charge in [0.2, 0.25) is 0 Å². The van der Waals surface area contributed by atoms with Gasteiger partial charge in [0.15, 0.2) is 0 Å². The molecule has 0 saturated carbocycles. The third-order valence-corrected chi connectivity index (χ3v) is 2.79. The van der Waals surface area contributed by atoms with Crippen LogP contribution in [0.3, 0.4) is 0 Å². The van der Waals surface area contributed by atoms with Crippen LogP contribution in [-0.4, -0.2) is 39.9 Å². The Morgan fingerprint density at radius 2 is 2.16 bits per heavy atom. The Kier molecular flexibility index (Phi) is 6.15. The molecule has 1 rings (SSSR count). The number of esters is 1. The van der Waals surface area contributed by atoms with Crippen LogP contribution in [0.4, 0.5) is 11.4 Å². The number of rotatable bonds is 7. The number of carbonyl (C=O) groups is 1. The molecule has 1 aromatic rings. The molecule has 0 spiro atoms. The molecular weight excluding hydrogens is 244 g/mol. The molecule has 0 aliphatic heterocycles. The summed E-state index contributed by atoms with van der Waals surface area (Å²) in [5.41, 5.74) is 7.94. The van der Waals surface area contributed by atoms with Crippen LogP contribution in [-0.2, 0) is 9.47 Å². The van der Waals surface area contributed by atoms with Crippen LogP contribution < -0.4 is 10.6 Å². The molecule has 0 saturated heterocycles. The molecule has 0 radical (unpaired) electrons. The number of ether oxygens (including phenoxy) is 2. The van der Waals surface area contributed by atoms with Crippen molar-refractivity contribution in [3.8, 4) is 0 Å². The number of nitrogens with two attached hydrogens (primary N) is 1. The van der Waals surface area contributed by atoms with Gasteiger partial charge in [-0.25, -0.2) is 4.79 Å². The number of hydrogen-bond acceptors (Lipinski definition) is 5. The second kappa shape index (κ2) is 7.63. The number of methoxy groups -OCH3 is 1. The van der Waals surface area contributed by atoms with Gasteiger partial charge < -0.3 is 20.1 Å². The lowest BCUT2D eigenvalue weighted by Crippen LogP contribution is -2.21. The first-order chi connectivity index (χ1) is 9.10. The van der Waals surface area contributed by atoms with Crippen LogP contribution in [0.2, 0.25) is 0 Å². The van der Waals surface area contributed by atoms with Crippen molar-refractivity contribution in [1.82, 2.24) is 0 Å². The Balaban J connectivity index is 2.81. The van der Waals surface area contributed by atoms with E-state index in [1.54, 1.807) is 32.2 Å². The van der Waals surface area contributed by atoms with E-state index in [2.05, 4.69) is 0 Å². The van der Waals surface area contributed by atoms with E-state index in [9.17, 15) is 4.79 Å². The number of hydrogen-bond donors (Lipinski definition) is 1. The van der Waals surface area contributed by atoms with Gasteiger partial charge in [0.25, 0.3) is 0 Å². The maximum atomic E-state index is 11.7. The standard InChI is InChI=1S/C14H22N2O3/c1-4-19-14(17)11-6-7-12(15)13(10-11)16(2)8-5-9-18-3/h6-7,10H,4-5,8-9,15H2,1-3H3. The molecule has 1 aromatic carbocycles. The molecule has 0 bridgehead atoms. The average molecular weight is 266 g/mol. The van der Waals surface area contributed by atoms with Crippen LogP contribution in [0.15, 0.2) is 18.2 Å². The molecule has 0 aliphatic carbocycles. The number of carbonyl (C=O) groups excluding carboxylic acids is 1. The first-order valence-electron chi connectivity index (χ1n) is 6.36. The maximum Gasteiger partial charge on any atom is 0.338 e. The minimum Gasteiger partial charge on any atom is -0.462 e. The third kappa shape index (κ3) is 4.44. The lowest BCUT2D eigenvalue weighted by molar-refractivity contribution is 0.0526. The van der Waals surface area contributed by atoms with Crippen LogP contribution in [0, 0.1) is 0 Å². The number of nitrogen functional groups attached to an aromatic ring is 1. The van der Waals surface area contributed by atoms with Crippen LogP contribution in [0.25, 0.3) is 0 Å². The van der Waals surface area contributed by atoms with Crippen LogP contribution in [0.5, 0.6) is 0 Å². The fraction of sp³-hybridized carbons (Fsp3) is 0.500. The van der Waals surface area contributed by atoms with Gasteiger partial charge >= 0.3 is 5.97 Å². The normalized spacial score (nSPS) is 10.3. The van der Waals surface area contributed by atoms with E-state index in [1.165, 1.54) is 0 Å². The van der Waals surface area contributed by atoms with Crippen molar-refractivity contribution >= 4 is 17.3 Å². The minimum absolute atomic E-state index is 0.325. The lowest BCUT2D eigenvalue weighted by atomic mass is 10.1. The van der Waals surface area contributed by atoms with Crippen molar-refractivity contribution in [2.24, 2.45) is 0 Å². The second-order valence-electron chi connectivity index (χ2n) is 4.26. The summed E-state index contributed by atoms with van der Waals surface area (Å²) in [7, 11) is 3.62. The topological polar surface area (TPSA) is 64.8 Å². The van der Waals surface area contributed by atoms with Gasteiger partial charge in [0.1, 0.15) is 0 Å². The van der Waals surface area contributed by atoms with Crippen LogP contribution in [0.1, 0.15) is 23.7 Å². The number of anilines is 2. The predicted molar refractivity (Wildman–Crippen MR) is 76.6 cm³/mol. The van der Waals surface area contributed by atoms with Crippen molar-refractivity contribution in [1.29, 1.82) is 0 Å². The van der Waals surface area contributed by atoms with Crippen molar-refractivity contribution in [3.05, 3.63) is 23.8 Å². The van der Waals surface area contributed by atoms with Gasteiger partial charge in [-0.05, 0) is 31.5 Å². The zero-order valence-electron chi connectivity index (χ0n) is 11.8. The molecular formula is C14H22N2O3. The van der Waals surface area contributed by atoms with Crippen molar-refractivity contribution in [2.45, 2.75) is 13.3 Å². The molecule has 2 N–H and O–H groups in total. The van der Waals surface area contributed by atoms with Crippen molar-refractivity contribution < 1.29 is 14.3 Å². The quantitative estimate of drug-likeness (QED) is 0.464. The fourth-order valence-corrected chi connectivity index (χ4v) is 1.78. The first kappa shape index (κ1) is 15.3. The lowest BCUT2D eigenvalue weighted by Gasteiger charge is -2.21. The SMILES string of the molecule is CCOC(=O)c1ccc(N)c(N(C)CCCOC)c1. The van der Waals surface area contributed by atoms with E-state index >= 15 is 0 Å². The second-order valence-corrected chi connectivity index (χ2v) is 4.26. The van der Waals surface area contributed by atoms with Gasteiger partial charge in [-0.15, -0.1) is 0 Å². The number of nitrogens with zero attached hydrogens (tertiary/aromatic N) is 1. The Morgan fingerprint density at radius 1 is 1.42 bits per heavy atom. The van der Waals surface area contributed by atoms with E-state index in [0.29, 0.717) is 24.5 Å². The van der Waals surface area contributed by atoms with E-state index in [0.717, 1.165) is 18.7 Å². The molecule has 0 atom stereocenters. The van der Waals surface area contributed by atoms with Crippen LogP contribution >= 0.6 is 0 Å².